The fourth-order valence-electron chi connectivity index (χ4n) is 3.50. The van der Waals surface area contributed by atoms with Crippen molar-refractivity contribution in [1.82, 2.24) is 14.8 Å². The van der Waals surface area contributed by atoms with Crippen molar-refractivity contribution in [3.05, 3.63) is 91.0 Å². The number of aromatic nitrogens is 3. The molecule has 0 saturated carbocycles. The molecule has 31 heavy (non-hydrogen) atoms. The van der Waals surface area contributed by atoms with Gasteiger partial charge >= 0.3 is 0 Å². The summed E-state index contributed by atoms with van der Waals surface area (Å²) in [6, 6.07) is 15.2. The summed E-state index contributed by atoms with van der Waals surface area (Å²) >= 11 is 12.2. The molecule has 2 N–H and O–H groups in total. The van der Waals surface area contributed by atoms with Crippen molar-refractivity contribution in [2.24, 2.45) is 0 Å². The molecule has 0 aliphatic heterocycles. The lowest BCUT2D eigenvalue weighted by molar-refractivity contribution is 0.419. The Balaban J connectivity index is 1.63. The van der Waals surface area contributed by atoms with Crippen LogP contribution in [0.3, 0.4) is 0 Å². The van der Waals surface area contributed by atoms with Gasteiger partial charge in [-0.2, -0.15) is 0 Å². The number of H-pyrrole nitrogens is 1. The number of fused-ring (bicyclic) bond motifs is 2. The summed E-state index contributed by atoms with van der Waals surface area (Å²) in [5.74, 6) is 0.457. The molecule has 0 radical (unpaired) electrons. The molecule has 5 rings (SSSR count). The van der Waals surface area contributed by atoms with Crippen molar-refractivity contribution >= 4 is 45.0 Å². The summed E-state index contributed by atoms with van der Waals surface area (Å²) < 4.78 is 6.80. The van der Waals surface area contributed by atoms with E-state index in [-0.39, 0.29) is 22.8 Å². The van der Waals surface area contributed by atoms with Crippen LogP contribution < -0.4 is 11.0 Å². The molecular weight excluding hydrogens is 441 g/mol. The molecular formula is C22H13Cl2N3O4. The van der Waals surface area contributed by atoms with Crippen molar-refractivity contribution < 1.29 is 9.52 Å². The van der Waals surface area contributed by atoms with E-state index in [4.69, 9.17) is 27.6 Å². The van der Waals surface area contributed by atoms with Crippen LogP contribution >= 0.6 is 23.2 Å². The fraction of sp³-hybridized carbons (Fsp3) is 0.0455. The monoisotopic (exact) mass is 453 g/mol. The lowest BCUT2D eigenvalue weighted by Gasteiger charge is -2.08. The molecule has 154 valence electrons. The van der Waals surface area contributed by atoms with E-state index in [1.807, 2.05) is 18.2 Å². The Morgan fingerprint density at radius 3 is 2.68 bits per heavy atom. The Hall–Kier alpha value is -3.55. The molecule has 5 aromatic rings. The number of hydrogen-bond acceptors (Lipinski definition) is 5. The molecule has 2 aromatic carbocycles. The van der Waals surface area contributed by atoms with Gasteiger partial charge in [0.1, 0.15) is 29.0 Å². The molecule has 3 heterocycles. The first-order valence-corrected chi connectivity index (χ1v) is 9.97. The number of hydrogen-bond donors (Lipinski definition) is 2. The third-order valence-electron chi connectivity index (χ3n) is 4.96. The smallest absolute Gasteiger partial charge is 0.280 e. The van der Waals surface area contributed by atoms with E-state index in [0.717, 1.165) is 4.68 Å². The van der Waals surface area contributed by atoms with E-state index < -0.39 is 16.9 Å². The van der Waals surface area contributed by atoms with Crippen LogP contribution in [0.1, 0.15) is 5.76 Å². The summed E-state index contributed by atoms with van der Waals surface area (Å²) in [5, 5.41) is 15.4. The number of halogens is 2. The normalized spacial score (nSPS) is 11.4. The van der Waals surface area contributed by atoms with E-state index in [1.54, 1.807) is 30.3 Å². The van der Waals surface area contributed by atoms with Gasteiger partial charge in [-0.3, -0.25) is 9.59 Å². The van der Waals surface area contributed by atoms with Gasteiger partial charge in [0, 0.05) is 16.0 Å². The third-order valence-corrected chi connectivity index (χ3v) is 5.52. The second kappa shape index (κ2) is 7.30. The van der Waals surface area contributed by atoms with Gasteiger partial charge in [0.15, 0.2) is 0 Å². The summed E-state index contributed by atoms with van der Waals surface area (Å²) in [4.78, 5) is 28.9. The van der Waals surface area contributed by atoms with Gasteiger partial charge in [0.25, 0.3) is 11.4 Å². The predicted molar refractivity (Wildman–Crippen MR) is 119 cm³/mol. The van der Waals surface area contributed by atoms with Crippen LogP contribution in [0.5, 0.6) is 5.88 Å². The SMILES string of the molecule is O=c1c2ccc(Cl)cc2[nH]c2c(O)nn(Cc3ccc(-c4ccccc4Cl)o3)c(=O)c12. The Morgan fingerprint density at radius 1 is 1.06 bits per heavy atom. The van der Waals surface area contributed by atoms with Crippen LogP contribution in [0.2, 0.25) is 10.0 Å². The summed E-state index contributed by atoms with van der Waals surface area (Å²) in [7, 11) is 0. The van der Waals surface area contributed by atoms with Crippen molar-refractivity contribution in [3.8, 4) is 17.2 Å². The van der Waals surface area contributed by atoms with E-state index in [9.17, 15) is 14.7 Å². The molecule has 3 aromatic heterocycles. The molecule has 0 saturated heterocycles. The summed E-state index contributed by atoms with van der Waals surface area (Å²) in [5.41, 5.74) is -0.111. The van der Waals surface area contributed by atoms with Crippen LogP contribution in [-0.4, -0.2) is 19.9 Å². The number of nitrogens with one attached hydrogen (secondary N) is 1. The van der Waals surface area contributed by atoms with Gasteiger partial charge in [0.05, 0.1) is 10.5 Å². The number of nitrogens with zero attached hydrogens (tertiary/aromatic N) is 2. The Labute approximate surface area is 184 Å². The quantitative estimate of drug-likeness (QED) is 0.390. The van der Waals surface area contributed by atoms with Gasteiger partial charge in [-0.25, -0.2) is 4.68 Å². The van der Waals surface area contributed by atoms with Gasteiger partial charge < -0.3 is 14.5 Å². The minimum Gasteiger partial charge on any atom is -0.491 e. The van der Waals surface area contributed by atoms with Crippen LogP contribution in [0.4, 0.5) is 0 Å². The number of rotatable bonds is 3. The van der Waals surface area contributed by atoms with Crippen molar-refractivity contribution in [3.63, 3.8) is 0 Å². The van der Waals surface area contributed by atoms with Gasteiger partial charge in [-0.1, -0.05) is 35.3 Å². The molecule has 0 aliphatic carbocycles. The Bertz CT molecular complexity index is 1600. The first kappa shape index (κ1) is 19.4. The van der Waals surface area contributed by atoms with E-state index >= 15 is 0 Å². The maximum Gasteiger partial charge on any atom is 0.280 e. The molecule has 0 amide bonds. The minimum atomic E-state index is -0.651. The highest BCUT2D eigenvalue weighted by Crippen LogP contribution is 2.29. The maximum absolute atomic E-state index is 13.0. The van der Waals surface area contributed by atoms with E-state index in [0.29, 0.717) is 32.6 Å². The summed E-state index contributed by atoms with van der Waals surface area (Å²) in [6.07, 6.45) is 0. The average Bonchev–Trinajstić information content (AvgIpc) is 3.20. The predicted octanol–water partition coefficient (Wildman–Crippen LogP) is 4.56. The largest absolute Gasteiger partial charge is 0.491 e. The molecule has 0 fully saturated rings. The summed E-state index contributed by atoms with van der Waals surface area (Å²) in [6.45, 7) is -0.0785. The molecule has 0 aliphatic rings. The zero-order chi connectivity index (χ0) is 21.7. The van der Waals surface area contributed by atoms with Gasteiger partial charge in [0.2, 0.25) is 5.43 Å². The highest BCUT2D eigenvalue weighted by molar-refractivity contribution is 6.33. The number of furan rings is 1. The first-order chi connectivity index (χ1) is 14.9. The second-order valence-electron chi connectivity index (χ2n) is 6.93. The zero-order valence-corrected chi connectivity index (χ0v) is 17.2. The fourth-order valence-corrected chi connectivity index (χ4v) is 3.90. The lowest BCUT2D eigenvalue weighted by Crippen LogP contribution is -2.27. The molecule has 0 unspecified atom stereocenters. The zero-order valence-electron chi connectivity index (χ0n) is 15.7. The van der Waals surface area contributed by atoms with Gasteiger partial charge in [-0.15, -0.1) is 5.10 Å². The van der Waals surface area contributed by atoms with Crippen LogP contribution in [-0.2, 0) is 6.54 Å². The number of pyridine rings is 1. The van der Waals surface area contributed by atoms with Crippen LogP contribution in [0.15, 0.2) is 68.6 Å². The number of benzene rings is 2. The third kappa shape index (κ3) is 3.28. The van der Waals surface area contributed by atoms with Crippen molar-refractivity contribution in [2.75, 3.05) is 0 Å². The van der Waals surface area contributed by atoms with E-state index in [1.165, 1.54) is 6.07 Å². The van der Waals surface area contributed by atoms with Crippen LogP contribution in [0, 0.1) is 0 Å². The highest BCUT2D eigenvalue weighted by Gasteiger charge is 2.18. The van der Waals surface area contributed by atoms with E-state index in [2.05, 4.69) is 10.1 Å². The second-order valence-corrected chi connectivity index (χ2v) is 7.77. The number of aromatic amines is 1. The molecule has 0 atom stereocenters. The first-order valence-electron chi connectivity index (χ1n) is 9.21. The van der Waals surface area contributed by atoms with Crippen molar-refractivity contribution in [1.29, 1.82) is 0 Å². The van der Waals surface area contributed by atoms with Gasteiger partial charge in [-0.05, 0) is 42.5 Å². The lowest BCUT2D eigenvalue weighted by atomic mass is 10.1. The average molecular weight is 454 g/mol. The minimum absolute atomic E-state index is 0.0442. The molecule has 7 nitrogen and oxygen atoms in total. The van der Waals surface area contributed by atoms with Crippen molar-refractivity contribution in [2.45, 2.75) is 6.54 Å². The molecule has 9 heteroatoms. The Morgan fingerprint density at radius 2 is 1.87 bits per heavy atom. The maximum atomic E-state index is 13.0. The molecule has 0 spiro atoms. The Kier molecular flexibility index (Phi) is 4.57. The van der Waals surface area contributed by atoms with Crippen LogP contribution in [0.25, 0.3) is 33.1 Å². The topological polar surface area (TPSA) is 101 Å². The molecule has 0 bridgehead atoms. The standard InChI is InChI=1S/C22H13Cl2N3O4/c23-11-5-7-14-16(9-11)25-19-18(20(14)28)22(30)27(26-21(19)29)10-12-6-8-17(31-12)13-3-1-2-4-15(13)24/h1-9H,10H2,(H,25,28)(H,26,29). The highest BCUT2D eigenvalue weighted by atomic mass is 35.5. The number of aromatic hydroxyl groups is 1.